The second-order valence-corrected chi connectivity index (χ2v) is 6.73. The molecule has 0 bridgehead atoms. The molecule has 1 spiro atoms. The standard InChI is InChI=1S/C17H20N4O2/c18-16-14-11(6-9-19-16)21(10-20-14)12-4-5-13-15(12)23-17(22-13)7-2-1-3-8-17/h4-6,9-10,12-13,15H,1-3,7-8H2,(H2,18,19)/t12?,13-,15+/m1/s1. The summed E-state index contributed by atoms with van der Waals surface area (Å²) in [7, 11) is 0. The minimum atomic E-state index is -0.367. The second kappa shape index (κ2) is 4.79. The molecule has 2 fully saturated rings. The van der Waals surface area contributed by atoms with E-state index in [1.807, 2.05) is 12.4 Å². The third kappa shape index (κ3) is 1.95. The van der Waals surface area contributed by atoms with Gasteiger partial charge in [-0.15, -0.1) is 0 Å². The normalized spacial score (nSPS) is 31.9. The molecule has 5 rings (SSSR count). The van der Waals surface area contributed by atoms with E-state index in [-0.39, 0.29) is 24.0 Å². The molecule has 2 aliphatic carbocycles. The van der Waals surface area contributed by atoms with E-state index in [1.165, 1.54) is 19.3 Å². The van der Waals surface area contributed by atoms with E-state index in [2.05, 4.69) is 26.7 Å². The van der Waals surface area contributed by atoms with Crippen LogP contribution in [0.3, 0.4) is 0 Å². The first kappa shape index (κ1) is 13.5. The Labute approximate surface area is 134 Å². The number of ether oxygens (including phenoxy) is 2. The Morgan fingerprint density at radius 3 is 2.87 bits per heavy atom. The van der Waals surface area contributed by atoms with E-state index in [0.29, 0.717) is 5.82 Å². The van der Waals surface area contributed by atoms with Crippen molar-refractivity contribution in [1.29, 1.82) is 0 Å². The third-order valence-electron chi connectivity index (χ3n) is 5.32. The monoisotopic (exact) mass is 312 g/mol. The fourth-order valence-electron chi connectivity index (χ4n) is 4.20. The Kier molecular flexibility index (Phi) is 2.81. The van der Waals surface area contributed by atoms with Crippen molar-refractivity contribution in [2.75, 3.05) is 5.73 Å². The van der Waals surface area contributed by atoms with Crippen LogP contribution in [0.5, 0.6) is 0 Å². The molecule has 0 amide bonds. The second-order valence-electron chi connectivity index (χ2n) is 6.73. The molecule has 1 unspecified atom stereocenters. The first-order chi connectivity index (χ1) is 11.3. The number of hydrogen-bond acceptors (Lipinski definition) is 5. The summed E-state index contributed by atoms with van der Waals surface area (Å²) in [6, 6.07) is 2.04. The molecule has 3 aliphatic rings. The molecule has 2 N–H and O–H groups in total. The smallest absolute Gasteiger partial charge is 0.169 e. The van der Waals surface area contributed by atoms with E-state index in [4.69, 9.17) is 15.2 Å². The molecule has 6 heteroatoms. The zero-order valence-corrected chi connectivity index (χ0v) is 12.9. The van der Waals surface area contributed by atoms with Gasteiger partial charge < -0.3 is 19.8 Å². The summed E-state index contributed by atoms with van der Waals surface area (Å²) in [5, 5.41) is 0. The van der Waals surface area contributed by atoms with Crippen molar-refractivity contribution in [1.82, 2.24) is 14.5 Å². The molecular weight excluding hydrogens is 292 g/mol. The topological polar surface area (TPSA) is 75.2 Å². The fraction of sp³-hybridized carbons (Fsp3) is 0.529. The number of hydrogen-bond donors (Lipinski definition) is 1. The zero-order valence-electron chi connectivity index (χ0n) is 12.9. The quantitative estimate of drug-likeness (QED) is 0.819. The maximum Gasteiger partial charge on any atom is 0.169 e. The van der Waals surface area contributed by atoms with Crippen molar-refractivity contribution in [3.05, 3.63) is 30.7 Å². The van der Waals surface area contributed by atoms with Crippen LogP contribution in [0.2, 0.25) is 0 Å². The summed E-state index contributed by atoms with van der Waals surface area (Å²) in [5.74, 6) is 0.0974. The minimum Gasteiger partial charge on any atom is -0.382 e. The zero-order chi connectivity index (χ0) is 15.4. The average molecular weight is 312 g/mol. The molecule has 2 aromatic heterocycles. The van der Waals surface area contributed by atoms with Gasteiger partial charge >= 0.3 is 0 Å². The molecule has 23 heavy (non-hydrogen) atoms. The molecule has 0 radical (unpaired) electrons. The van der Waals surface area contributed by atoms with E-state index >= 15 is 0 Å². The van der Waals surface area contributed by atoms with Gasteiger partial charge in [-0.3, -0.25) is 0 Å². The first-order valence-corrected chi connectivity index (χ1v) is 8.37. The lowest BCUT2D eigenvalue weighted by atomic mass is 9.94. The number of fused-ring (bicyclic) bond motifs is 2. The highest BCUT2D eigenvalue weighted by Crippen LogP contribution is 2.46. The van der Waals surface area contributed by atoms with Gasteiger partial charge in [0.1, 0.15) is 17.7 Å². The molecule has 3 heterocycles. The predicted octanol–water partition coefficient (Wildman–Crippen LogP) is 2.57. The maximum atomic E-state index is 6.45. The van der Waals surface area contributed by atoms with Crippen molar-refractivity contribution in [2.45, 2.75) is 56.1 Å². The first-order valence-electron chi connectivity index (χ1n) is 8.37. The number of imidazole rings is 1. The molecule has 1 saturated carbocycles. The highest BCUT2D eigenvalue weighted by Gasteiger charge is 2.51. The average Bonchev–Trinajstić information content (AvgIpc) is 3.21. The summed E-state index contributed by atoms with van der Waals surface area (Å²) < 4.78 is 14.9. The van der Waals surface area contributed by atoms with Crippen molar-refractivity contribution < 1.29 is 9.47 Å². The van der Waals surface area contributed by atoms with Crippen molar-refractivity contribution in [3.8, 4) is 0 Å². The van der Waals surface area contributed by atoms with Gasteiger partial charge in [0, 0.05) is 19.0 Å². The third-order valence-corrected chi connectivity index (χ3v) is 5.32. The van der Waals surface area contributed by atoms with Crippen molar-refractivity contribution in [2.24, 2.45) is 0 Å². The van der Waals surface area contributed by atoms with Crippen LogP contribution in [0.4, 0.5) is 5.82 Å². The van der Waals surface area contributed by atoms with Crippen molar-refractivity contribution in [3.63, 3.8) is 0 Å². The van der Waals surface area contributed by atoms with Crippen molar-refractivity contribution >= 4 is 16.9 Å². The number of rotatable bonds is 1. The molecule has 1 saturated heterocycles. The van der Waals surface area contributed by atoms with Crippen LogP contribution in [0, 0.1) is 0 Å². The van der Waals surface area contributed by atoms with Gasteiger partial charge in [-0.25, -0.2) is 9.97 Å². The Morgan fingerprint density at radius 2 is 2.00 bits per heavy atom. The van der Waals surface area contributed by atoms with E-state index in [9.17, 15) is 0 Å². The van der Waals surface area contributed by atoms with Crippen LogP contribution >= 0.6 is 0 Å². The molecule has 2 aromatic rings. The van der Waals surface area contributed by atoms with Crippen LogP contribution in [-0.2, 0) is 9.47 Å². The molecule has 120 valence electrons. The van der Waals surface area contributed by atoms with Crippen LogP contribution in [0.1, 0.15) is 38.1 Å². The maximum absolute atomic E-state index is 6.45. The Balaban J connectivity index is 1.50. The Hall–Kier alpha value is -1.92. The largest absolute Gasteiger partial charge is 0.382 e. The molecular formula is C17H20N4O2. The van der Waals surface area contributed by atoms with Gasteiger partial charge in [0.15, 0.2) is 11.6 Å². The van der Waals surface area contributed by atoms with Crippen LogP contribution in [-0.4, -0.2) is 32.5 Å². The van der Waals surface area contributed by atoms with Crippen LogP contribution < -0.4 is 5.73 Å². The number of anilines is 1. The van der Waals surface area contributed by atoms with Gasteiger partial charge in [0.2, 0.25) is 0 Å². The van der Waals surface area contributed by atoms with E-state index < -0.39 is 0 Å². The predicted molar refractivity (Wildman–Crippen MR) is 85.7 cm³/mol. The molecule has 0 aromatic carbocycles. The SMILES string of the molecule is Nc1nccc2c1ncn2C1C=C[C@H]2OC3(CCCCC3)O[C@@H]12. The molecule has 6 nitrogen and oxygen atoms in total. The van der Waals surface area contributed by atoms with Crippen LogP contribution in [0.15, 0.2) is 30.7 Å². The lowest BCUT2D eigenvalue weighted by Gasteiger charge is -2.32. The van der Waals surface area contributed by atoms with Gasteiger partial charge in [-0.2, -0.15) is 0 Å². The lowest BCUT2D eigenvalue weighted by Crippen LogP contribution is -2.34. The summed E-state index contributed by atoms with van der Waals surface area (Å²) in [6.07, 6.45) is 13.5. The number of nitrogens with two attached hydrogens (primary N) is 1. The van der Waals surface area contributed by atoms with Gasteiger partial charge in [0.25, 0.3) is 0 Å². The number of nitrogen functional groups attached to an aromatic ring is 1. The molecule has 3 atom stereocenters. The fourth-order valence-corrected chi connectivity index (χ4v) is 4.20. The van der Waals surface area contributed by atoms with Gasteiger partial charge in [0.05, 0.1) is 17.9 Å². The van der Waals surface area contributed by atoms with E-state index in [0.717, 1.165) is 23.9 Å². The van der Waals surface area contributed by atoms with Gasteiger partial charge in [-0.1, -0.05) is 18.6 Å². The van der Waals surface area contributed by atoms with Gasteiger partial charge in [-0.05, 0) is 18.9 Å². The number of aromatic nitrogens is 3. The minimum absolute atomic E-state index is 0.0138. The Morgan fingerprint density at radius 1 is 1.13 bits per heavy atom. The highest BCUT2D eigenvalue weighted by molar-refractivity contribution is 5.84. The number of pyridine rings is 1. The highest BCUT2D eigenvalue weighted by atomic mass is 16.8. The van der Waals surface area contributed by atoms with Crippen LogP contribution in [0.25, 0.3) is 11.0 Å². The lowest BCUT2D eigenvalue weighted by molar-refractivity contribution is -0.194. The molecule has 1 aliphatic heterocycles. The Bertz CT molecular complexity index is 778. The number of nitrogens with zero attached hydrogens (tertiary/aromatic N) is 3. The summed E-state index contributed by atoms with van der Waals surface area (Å²) in [4.78, 5) is 8.54. The van der Waals surface area contributed by atoms with E-state index in [1.54, 1.807) is 6.20 Å². The summed E-state index contributed by atoms with van der Waals surface area (Å²) in [6.45, 7) is 0. The summed E-state index contributed by atoms with van der Waals surface area (Å²) >= 11 is 0. The summed E-state index contributed by atoms with van der Waals surface area (Å²) in [5.41, 5.74) is 7.66.